The molecule has 1 atom stereocenters. The first-order valence-electron chi connectivity index (χ1n) is 9.82. The monoisotopic (exact) mass is 424 g/mol. The summed E-state index contributed by atoms with van der Waals surface area (Å²) < 4.78 is 16.6. The standard InChI is InChI=1S/C23H24N2O4S/c1-27-19-9-10-20(22(12-19)28-2)21-4-3-11-25(21)23(26)16-5-7-18(8-6-16)29-13-17-14-30-15-24-17/h5-10,12,14-15,21H,3-4,11,13H2,1-2H3/t21-/m1/s1. The van der Waals surface area contributed by atoms with Crippen LogP contribution in [0.25, 0.3) is 0 Å². The molecule has 1 fully saturated rings. The maximum absolute atomic E-state index is 13.2. The van der Waals surface area contributed by atoms with Crippen LogP contribution in [0.2, 0.25) is 0 Å². The van der Waals surface area contributed by atoms with Crippen molar-refractivity contribution in [3.8, 4) is 17.2 Å². The molecule has 6 nitrogen and oxygen atoms in total. The lowest BCUT2D eigenvalue weighted by Crippen LogP contribution is -2.30. The second-order valence-electron chi connectivity index (χ2n) is 7.06. The normalized spacial score (nSPS) is 15.8. The first kappa shape index (κ1) is 20.2. The molecule has 1 amide bonds. The van der Waals surface area contributed by atoms with E-state index in [9.17, 15) is 4.79 Å². The Bertz CT molecular complexity index is 989. The lowest BCUT2D eigenvalue weighted by molar-refractivity contribution is 0.0734. The van der Waals surface area contributed by atoms with Gasteiger partial charge >= 0.3 is 0 Å². The van der Waals surface area contributed by atoms with E-state index in [1.807, 2.05) is 52.7 Å². The number of likely N-dealkylation sites (tertiary alicyclic amines) is 1. The molecule has 0 aliphatic carbocycles. The van der Waals surface area contributed by atoms with Crippen molar-refractivity contribution in [2.24, 2.45) is 0 Å². The Morgan fingerprint density at radius 2 is 1.93 bits per heavy atom. The van der Waals surface area contributed by atoms with Crippen LogP contribution in [-0.4, -0.2) is 36.6 Å². The highest BCUT2D eigenvalue weighted by Crippen LogP contribution is 2.39. The van der Waals surface area contributed by atoms with Crippen LogP contribution >= 0.6 is 11.3 Å². The van der Waals surface area contributed by atoms with Crippen molar-refractivity contribution in [2.75, 3.05) is 20.8 Å². The molecule has 0 N–H and O–H groups in total. The summed E-state index contributed by atoms with van der Waals surface area (Å²) in [6.45, 7) is 1.14. The molecule has 30 heavy (non-hydrogen) atoms. The van der Waals surface area contributed by atoms with Gasteiger partial charge in [0.2, 0.25) is 0 Å². The minimum Gasteiger partial charge on any atom is -0.497 e. The van der Waals surface area contributed by atoms with Gasteiger partial charge in [0, 0.05) is 29.1 Å². The van der Waals surface area contributed by atoms with Crippen LogP contribution in [0.5, 0.6) is 17.2 Å². The molecule has 1 saturated heterocycles. The fourth-order valence-electron chi connectivity index (χ4n) is 3.75. The highest BCUT2D eigenvalue weighted by Gasteiger charge is 2.32. The van der Waals surface area contributed by atoms with Gasteiger partial charge in [-0.2, -0.15) is 0 Å². The molecule has 2 heterocycles. The van der Waals surface area contributed by atoms with Gasteiger partial charge in [-0.1, -0.05) is 0 Å². The number of aromatic nitrogens is 1. The maximum Gasteiger partial charge on any atom is 0.254 e. The van der Waals surface area contributed by atoms with Gasteiger partial charge in [-0.05, 0) is 49.2 Å². The van der Waals surface area contributed by atoms with E-state index in [4.69, 9.17) is 14.2 Å². The number of rotatable bonds is 7. The van der Waals surface area contributed by atoms with Gasteiger partial charge in [0.1, 0.15) is 23.9 Å². The Labute approximate surface area is 180 Å². The van der Waals surface area contributed by atoms with Gasteiger partial charge in [0.05, 0.1) is 31.5 Å². The Balaban J connectivity index is 1.48. The summed E-state index contributed by atoms with van der Waals surface area (Å²) in [5.41, 5.74) is 4.33. The number of hydrogen-bond donors (Lipinski definition) is 0. The predicted octanol–water partition coefficient (Wildman–Crippen LogP) is 4.72. The third kappa shape index (κ3) is 4.26. The molecular formula is C23H24N2O4S. The number of benzene rings is 2. The van der Waals surface area contributed by atoms with E-state index in [2.05, 4.69) is 4.98 Å². The van der Waals surface area contributed by atoms with Crippen molar-refractivity contribution in [1.29, 1.82) is 0 Å². The van der Waals surface area contributed by atoms with Crippen molar-refractivity contribution in [2.45, 2.75) is 25.5 Å². The molecule has 0 spiro atoms. The van der Waals surface area contributed by atoms with E-state index < -0.39 is 0 Å². The van der Waals surface area contributed by atoms with Crippen molar-refractivity contribution in [3.05, 3.63) is 70.2 Å². The summed E-state index contributed by atoms with van der Waals surface area (Å²) in [5, 5.41) is 1.96. The number of thiazole rings is 1. The van der Waals surface area contributed by atoms with Gasteiger partial charge in [-0.3, -0.25) is 4.79 Å². The van der Waals surface area contributed by atoms with Crippen molar-refractivity contribution < 1.29 is 19.0 Å². The summed E-state index contributed by atoms with van der Waals surface area (Å²) in [6, 6.07) is 13.1. The van der Waals surface area contributed by atoms with E-state index in [0.29, 0.717) is 17.9 Å². The van der Waals surface area contributed by atoms with Crippen LogP contribution in [0.4, 0.5) is 0 Å². The molecule has 0 radical (unpaired) electrons. The number of nitrogens with zero attached hydrogens (tertiary/aromatic N) is 2. The van der Waals surface area contributed by atoms with Crippen LogP contribution in [-0.2, 0) is 6.61 Å². The molecule has 0 unspecified atom stereocenters. The Kier molecular flexibility index (Phi) is 6.18. The zero-order valence-electron chi connectivity index (χ0n) is 17.0. The van der Waals surface area contributed by atoms with Gasteiger partial charge in [-0.15, -0.1) is 11.3 Å². The molecule has 156 valence electrons. The summed E-state index contributed by atoms with van der Waals surface area (Å²) in [6.07, 6.45) is 1.86. The van der Waals surface area contributed by atoms with E-state index in [-0.39, 0.29) is 11.9 Å². The van der Waals surface area contributed by atoms with Crippen LogP contribution in [0.15, 0.2) is 53.4 Å². The largest absolute Gasteiger partial charge is 0.497 e. The molecule has 0 bridgehead atoms. The second-order valence-corrected chi connectivity index (χ2v) is 7.78. The smallest absolute Gasteiger partial charge is 0.254 e. The molecule has 7 heteroatoms. The lowest BCUT2D eigenvalue weighted by atomic mass is 10.0. The van der Waals surface area contributed by atoms with Crippen LogP contribution in [0.3, 0.4) is 0 Å². The topological polar surface area (TPSA) is 60.9 Å². The number of methoxy groups -OCH3 is 2. The molecule has 1 aromatic heterocycles. The molecule has 1 aliphatic heterocycles. The number of amides is 1. The zero-order valence-corrected chi connectivity index (χ0v) is 17.9. The van der Waals surface area contributed by atoms with Crippen molar-refractivity contribution in [1.82, 2.24) is 9.88 Å². The fraction of sp³-hybridized carbons (Fsp3) is 0.304. The third-order valence-corrected chi connectivity index (χ3v) is 5.92. The van der Waals surface area contributed by atoms with Crippen LogP contribution in [0.1, 0.15) is 40.5 Å². The zero-order chi connectivity index (χ0) is 20.9. The number of ether oxygens (including phenoxy) is 3. The van der Waals surface area contributed by atoms with Gasteiger partial charge in [0.25, 0.3) is 5.91 Å². The van der Waals surface area contributed by atoms with Crippen molar-refractivity contribution >= 4 is 17.2 Å². The average molecular weight is 425 g/mol. The molecule has 3 aromatic rings. The third-order valence-electron chi connectivity index (χ3n) is 5.28. The second kappa shape index (κ2) is 9.17. The summed E-state index contributed by atoms with van der Waals surface area (Å²) >= 11 is 1.54. The highest BCUT2D eigenvalue weighted by atomic mass is 32.1. The van der Waals surface area contributed by atoms with E-state index in [1.54, 1.807) is 31.1 Å². The van der Waals surface area contributed by atoms with Crippen LogP contribution < -0.4 is 14.2 Å². The number of carbonyl (C=O) groups excluding carboxylic acids is 1. The Hall–Kier alpha value is -3.06. The lowest BCUT2D eigenvalue weighted by Gasteiger charge is -2.26. The van der Waals surface area contributed by atoms with Crippen LogP contribution in [0, 0.1) is 0 Å². The number of hydrogen-bond acceptors (Lipinski definition) is 6. The molecule has 2 aromatic carbocycles. The molecule has 4 rings (SSSR count). The summed E-state index contributed by atoms with van der Waals surface area (Å²) in [4.78, 5) is 19.4. The first-order valence-corrected chi connectivity index (χ1v) is 10.8. The SMILES string of the molecule is COc1ccc([C@H]2CCCN2C(=O)c2ccc(OCc3cscn3)cc2)c(OC)c1. The fourth-order valence-corrected chi connectivity index (χ4v) is 4.30. The van der Waals surface area contributed by atoms with Gasteiger partial charge < -0.3 is 19.1 Å². The molecular weight excluding hydrogens is 400 g/mol. The van der Waals surface area contributed by atoms with Gasteiger partial charge in [-0.25, -0.2) is 4.98 Å². The maximum atomic E-state index is 13.2. The minimum atomic E-state index is -0.0149. The summed E-state index contributed by atoms with van der Waals surface area (Å²) in [5.74, 6) is 2.21. The number of carbonyl (C=O) groups is 1. The molecule has 1 aliphatic rings. The average Bonchev–Trinajstić information content (AvgIpc) is 3.49. The quantitative estimate of drug-likeness (QED) is 0.549. The highest BCUT2D eigenvalue weighted by molar-refractivity contribution is 7.07. The predicted molar refractivity (Wildman–Crippen MR) is 115 cm³/mol. The van der Waals surface area contributed by atoms with E-state index in [0.717, 1.165) is 42.1 Å². The van der Waals surface area contributed by atoms with E-state index in [1.165, 1.54) is 0 Å². The molecule has 0 saturated carbocycles. The minimum absolute atomic E-state index is 0.0149. The van der Waals surface area contributed by atoms with Gasteiger partial charge in [0.15, 0.2) is 0 Å². The summed E-state index contributed by atoms with van der Waals surface area (Å²) in [7, 11) is 3.27. The van der Waals surface area contributed by atoms with Crippen molar-refractivity contribution in [3.63, 3.8) is 0 Å². The Morgan fingerprint density at radius 1 is 1.13 bits per heavy atom. The first-order chi connectivity index (χ1) is 14.7. The Morgan fingerprint density at radius 3 is 2.63 bits per heavy atom. The van der Waals surface area contributed by atoms with E-state index >= 15 is 0 Å².